The second-order valence-electron chi connectivity index (χ2n) is 6.35. The number of thiazole rings is 2. The molecule has 1 fully saturated rings. The molecular formula is C16H21N5O2S2. The van der Waals surface area contributed by atoms with Crippen molar-refractivity contribution in [2.75, 3.05) is 45.2 Å². The van der Waals surface area contributed by atoms with Crippen molar-refractivity contribution in [1.29, 1.82) is 0 Å². The Hall–Kier alpha value is -1.39. The molecule has 0 aromatic carbocycles. The van der Waals surface area contributed by atoms with Crippen LogP contribution in [0.5, 0.6) is 0 Å². The standard InChI is InChI=1S/C16H21N5O2S2/c1-20-3-2-11-13(8-20)25-16(18-11)19-15(22)12-10-24-14(17-12)9-21-4-6-23-7-5-21/h10H,2-9H2,1H3,(H,18,19,22). The summed E-state index contributed by atoms with van der Waals surface area (Å²) in [6.07, 6.45) is 0.943. The molecule has 0 unspecified atom stereocenters. The molecule has 0 atom stereocenters. The minimum Gasteiger partial charge on any atom is -0.379 e. The van der Waals surface area contributed by atoms with E-state index in [0.717, 1.165) is 63.1 Å². The van der Waals surface area contributed by atoms with Crippen molar-refractivity contribution in [1.82, 2.24) is 19.8 Å². The molecule has 1 N–H and O–H groups in total. The molecule has 1 saturated heterocycles. The van der Waals surface area contributed by atoms with Crippen LogP contribution in [0.3, 0.4) is 0 Å². The number of hydrogen-bond donors (Lipinski definition) is 1. The van der Waals surface area contributed by atoms with E-state index in [0.29, 0.717) is 10.8 Å². The van der Waals surface area contributed by atoms with E-state index < -0.39 is 0 Å². The van der Waals surface area contributed by atoms with Gasteiger partial charge in [0.15, 0.2) is 5.13 Å². The highest BCUT2D eigenvalue weighted by molar-refractivity contribution is 7.16. The van der Waals surface area contributed by atoms with Crippen molar-refractivity contribution in [3.8, 4) is 0 Å². The summed E-state index contributed by atoms with van der Waals surface area (Å²) in [5, 5.41) is 6.37. The highest BCUT2D eigenvalue weighted by Crippen LogP contribution is 2.28. The van der Waals surface area contributed by atoms with E-state index in [2.05, 4.69) is 32.1 Å². The molecule has 0 aliphatic carbocycles. The number of carbonyl (C=O) groups excluding carboxylic acids is 1. The van der Waals surface area contributed by atoms with Crippen LogP contribution in [0.1, 0.15) is 26.1 Å². The van der Waals surface area contributed by atoms with Crippen molar-refractivity contribution in [2.24, 2.45) is 0 Å². The molecule has 0 saturated carbocycles. The SMILES string of the molecule is CN1CCc2nc(NC(=O)c3csc(CN4CCOCC4)n3)sc2C1. The Bertz CT molecular complexity index is 754. The van der Waals surface area contributed by atoms with Gasteiger partial charge in [0, 0.05) is 42.9 Å². The number of amides is 1. The quantitative estimate of drug-likeness (QED) is 0.871. The van der Waals surface area contributed by atoms with Gasteiger partial charge < -0.3 is 9.64 Å². The van der Waals surface area contributed by atoms with Crippen LogP contribution < -0.4 is 5.32 Å². The lowest BCUT2D eigenvalue weighted by molar-refractivity contribution is 0.0341. The summed E-state index contributed by atoms with van der Waals surface area (Å²) in [7, 11) is 2.10. The van der Waals surface area contributed by atoms with Crippen LogP contribution in [0, 0.1) is 0 Å². The normalized spacial score (nSPS) is 18.9. The van der Waals surface area contributed by atoms with E-state index in [9.17, 15) is 4.79 Å². The van der Waals surface area contributed by atoms with E-state index in [1.165, 1.54) is 16.2 Å². The summed E-state index contributed by atoms with van der Waals surface area (Å²) in [6, 6.07) is 0. The van der Waals surface area contributed by atoms with Crippen LogP contribution in [0.2, 0.25) is 0 Å². The maximum absolute atomic E-state index is 12.5. The van der Waals surface area contributed by atoms with Gasteiger partial charge in [-0.2, -0.15) is 0 Å². The lowest BCUT2D eigenvalue weighted by Gasteiger charge is -2.25. The Labute approximate surface area is 154 Å². The van der Waals surface area contributed by atoms with Crippen LogP contribution in [0.4, 0.5) is 5.13 Å². The number of rotatable bonds is 4. The first kappa shape index (κ1) is 17.0. The minimum absolute atomic E-state index is 0.177. The molecule has 25 heavy (non-hydrogen) atoms. The molecule has 134 valence electrons. The van der Waals surface area contributed by atoms with Crippen LogP contribution in [0.25, 0.3) is 0 Å². The number of aromatic nitrogens is 2. The molecule has 1 amide bonds. The topological polar surface area (TPSA) is 70.6 Å². The van der Waals surface area contributed by atoms with Crippen molar-refractivity contribution >= 4 is 33.7 Å². The number of ether oxygens (including phenoxy) is 1. The van der Waals surface area contributed by atoms with Gasteiger partial charge in [-0.05, 0) is 7.05 Å². The molecule has 2 aromatic heterocycles. The van der Waals surface area contributed by atoms with Gasteiger partial charge >= 0.3 is 0 Å². The Kier molecular flexibility index (Phi) is 5.09. The molecule has 0 radical (unpaired) electrons. The average molecular weight is 380 g/mol. The first-order chi connectivity index (χ1) is 12.2. The monoisotopic (exact) mass is 379 g/mol. The predicted octanol–water partition coefficient (Wildman–Crippen LogP) is 1.67. The number of nitrogens with zero attached hydrogens (tertiary/aromatic N) is 4. The zero-order chi connectivity index (χ0) is 17.2. The second-order valence-corrected chi connectivity index (χ2v) is 8.37. The molecule has 4 heterocycles. The zero-order valence-corrected chi connectivity index (χ0v) is 15.8. The third-order valence-corrected chi connectivity index (χ3v) is 6.22. The number of morpholine rings is 1. The first-order valence-corrected chi connectivity index (χ1v) is 10.1. The summed E-state index contributed by atoms with van der Waals surface area (Å²) < 4.78 is 5.36. The number of anilines is 1. The maximum atomic E-state index is 12.5. The first-order valence-electron chi connectivity index (χ1n) is 8.40. The Morgan fingerprint density at radius 3 is 3.00 bits per heavy atom. The van der Waals surface area contributed by atoms with Crippen molar-refractivity contribution in [2.45, 2.75) is 19.5 Å². The van der Waals surface area contributed by atoms with Crippen molar-refractivity contribution < 1.29 is 9.53 Å². The third-order valence-electron chi connectivity index (χ3n) is 4.39. The van der Waals surface area contributed by atoms with E-state index in [1.54, 1.807) is 11.3 Å². The van der Waals surface area contributed by atoms with Crippen LogP contribution in [-0.2, 0) is 24.2 Å². The van der Waals surface area contributed by atoms with Gasteiger partial charge in [0.25, 0.3) is 5.91 Å². The van der Waals surface area contributed by atoms with Gasteiger partial charge in [0.1, 0.15) is 10.7 Å². The Morgan fingerprint density at radius 2 is 2.16 bits per heavy atom. The van der Waals surface area contributed by atoms with E-state index in [1.807, 2.05) is 5.38 Å². The molecule has 7 nitrogen and oxygen atoms in total. The molecule has 4 rings (SSSR count). The summed E-state index contributed by atoms with van der Waals surface area (Å²) in [4.78, 5) is 27.3. The van der Waals surface area contributed by atoms with Crippen molar-refractivity contribution in [3.05, 3.63) is 26.7 Å². The van der Waals surface area contributed by atoms with Gasteiger partial charge in [-0.15, -0.1) is 22.7 Å². The third kappa shape index (κ3) is 4.06. The van der Waals surface area contributed by atoms with Crippen LogP contribution >= 0.6 is 22.7 Å². The van der Waals surface area contributed by atoms with Gasteiger partial charge in [-0.25, -0.2) is 9.97 Å². The van der Waals surface area contributed by atoms with E-state index in [4.69, 9.17) is 4.74 Å². The molecule has 2 aliphatic rings. The highest BCUT2D eigenvalue weighted by Gasteiger charge is 2.20. The Morgan fingerprint density at radius 1 is 1.32 bits per heavy atom. The van der Waals surface area contributed by atoms with Crippen LogP contribution in [-0.4, -0.2) is 65.6 Å². The smallest absolute Gasteiger partial charge is 0.276 e. The molecule has 2 aromatic rings. The lowest BCUT2D eigenvalue weighted by atomic mass is 10.2. The van der Waals surface area contributed by atoms with Crippen LogP contribution in [0.15, 0.2) is 5.38 Å². The molecule has 9 heteroatoms. The highest BCUT2D eigenvalue weighted by atomic mass is 32.1. The fraction of sp³-hybridized carbons (Fsp3) is 0.562. The number of hydrogen-bond acceptors (Lipinski definition) is 8. The summed E-state index contributed by atoms with van der Waals surface area (Å²) in [5.74, 6) is -0.177. The van der Waals surface area contributed by atoms with E-state index in [-0.39, 0.29) is 5.91 Å². The second kappa shape index (κ2) is 7.46. The molecular weight excluding hydrogens is 358 g/mol. The number of carbonyl (C=O) groups is 1. The fourth-order valence-corrected chi connectivity index (χ4v) is 4.88. The maximum Gasteiger partial charge on any atom is 0.276 e. The largest absolute Gasteiger partial charge is 0.379 e. The van der Waals surface area contributed by atoms with Gasteiger partial charge in [0.2, 0.25) is 0 Å². The number of likely N-dealkylation sites (N-methyl/N-ethyl adjacent to an activating group) is 1. The molecule has 0 spiro atoms. The zero-order valence-electron chi connectivity index (χ0n) is 14.2. The van der Waals surface area contributed by atoms with Gasteiger partial charge in [-0.1, -0.05) is 0 Å². The molecule has 0 bridgehead atoms. The summed E-state index contributed by atoms with van der Waals surface area (Å²) in [5.41, 5.74) is 1.59. The van der Waals surface area contributed by atoms with Crippen molar-refractivity contribution in [3.63, 3.8) is 0 Å². The predicted molar refractivity (Wildman–Crippen MR) is 98.3 cm³/mol. The average Bonchev–Trinajstić information content (AvgIpc) is 3.22. The summed E-state index contributed by atoms with van der Waals surface area (Å²) in [6.45, 7) is 6.06. The van der Waals surface area contributed by atoms with Gasteiger partial charge in [0.05, 0.1) is 25.5 Å². The fourth-order valence-electron chi connectivity index (χ4n) is 2.98. The Balaban J connectivity index is 1.38. The summed E-state index contributed by atoms with van der Waals surface area (Å²) >= 11 is 3.10. The lowest BCUT2D eigenvalue weighted by Crippen LogP contribution is -2.35. The van der Waals surface area contributed by atoms with Gasteiger partial charge in [-0.3, -0.25) is 15.0 Å². The van der Waals surface area contributed by atoms with E-state index >= 15 is 0 Å². The minimum atomic E-state index is -0.177. The molecule has 2 aliphatic heterocycles. The number of nitrogens with one attached hydrogen (secondary N) is 1. The number of fused-ring (bicyclic) bond motifs is 1.